The number of rotatable bonds is 8. The monoisotopic (exact) mass is 287 g/mol. The lowest BCUT2D eigenvalue weighted by Crippen LogP contribution is -2.21. The van der Waals surface area contributed by atoms with Crippen LogP contribution >= 0.6 is 0 Å². The van der Waals surface area contributed by atoms with Crippen molar-refractivity contribution in [3.8, 4) is 0 Å². The van der Waals surface area contributed by atoms with Crippen LogP contribution in [0.4, 0.5) is 0 Å². The van der Waals surface area contributed by atoms with Crippen LogP contribution in [0, 0.1) is 5.92 Å². The summed E-state index contributed by atoms with van der Waals surface area (Å²) in [5.41, 5.74) is 0. The maximum atomic E-state index is 11.9. The molecule has 5 heteroatoms. The topological polar surface area (TPSA) is 59.3 Å². The third kappa shape index (κ3) is 6.78. The number of nitrogens with one attached hydrogen (secondary N) is 1. The number of sulfone groups is 1. The summed E-state index contributed by atoms with van der Waals surface area (Å²) in [7, 11) is -3.06. The van der Waals surface area contributed by atoms with E-state index < -0.39 is 9.84 Å². The van der Waals surface area contributed by atoms with Crippen LogP contribution in [0.2, 0.25) is 0 Å². The van der Waals surface area contributed by atoms with Gasteiger partial charge in [-0.15, -0.1) is 0 Å². The van der Waals surface area contributed by atoms with Crippen LogP contribution in [-0.2, 0) is 22.1 Å². The van der Waals surface area contributed by atoms with Gasteiger partial charge in [0.1, 0.15) is 17.3 Å². The van der Waals surface area contributed by atoms with E-state index in [2.05, 4.69) is 19.2 Å². The lowest BCUT2D eigenvalue weighted by Gasteiger charge is -2.06. The molecule has 0 bridgehead atoms. The molecule has 1 N–H and O–H groups in total. The molecule has 110 valence electrons. The van der Waals surface area contributed by atoms with Crippen molar-refractivity contribution in [3.05, 3.63) is 23.7 Å². The van der Waals surface area contributed by atoms with Gasteiger partial charge in [0.05, 0.1) is 12.3 Å². The van der Waals surface area contributed by atoms with Crippen molar-refractivity contribution < 1.29 is 12.8 Å². The Morgan fingerprint density at radius 3 is 2.37 bits per heavy atom. The molecule has 19 heavy (non-hydrogen) atoms. The van der Waals surface area contributed by atoms with Crippen LogP contribution < -0.4 is 5.32 Å². The van der Waals surface area contributed by atoms with E-state index in [1.54, 1.807) is 6.07 Å². The zero-order valence-electron chi connectivity index (χ0n) is 12.3. The number of hydrogen-bond donors (Lipinski definition) is 1. The first-order valence-electron chi connectivity index (χ1n) is 6.80. The fraction of sp³-hybridized carbons (Fsp3) is 0.714. The Morgan fingerprint density at radius 1 is 1.16 bits per heavy atom. The first kappa shape index (κ1) is 16.2. The summed E-state index contributed by atoms with van der Waals surface area (Å²) in [4.78, 5) is 0. The molecule has 1 rings (SSSR count). The third-order valence-electron chi connectivity index (χ3n) is 2.77. The lowest BCUT2D eigenvalue weighted by atomic mass is 10.2. The van der Waals surface area contributed by atoms with Crippen molar-refractivity contribution in [2.45, 2.75) is 52.5 Å². The molecule has 0 saturated carbocycles. The van der Waals surface area contributed by atoms with Crippen LogP contribution in [-0.4, -0.2) is 20.2 Å². The molecule has 0 amide bonds. The first-order valence-corrected chi connectivity index (χ1v) is 8.62. The Kier molecular flexibility index (Phi) is 6.07. The zero-order chi connectivity index (χ0) is 14.5. The molecule has 0 atom stereocenters. The predicted molar refractivity (Wildman–Crippen MR) is 77.6 cm³/mol. The van der Waals surface area contributed by atoms with Gasteiger partial charge in [-0.25, -0.2) is 8.42 Å². The molecular formula is C14H25NO3S. The highest BCUT2D eigenvalue weighted by atomic mass is 32.2. The summed E-state index contributed by atoms with van der Waals surface area (Å²) in [5.74, 6) is 1.94. The summed E-state index contributed by atoms with van der Waals surface area (Å²) < 4.78 is 29.3. The van der Waals surface area contributed by atoms with E-state index in [1.807, 2.05) is 19.9 Å². The van der Waals surface area contributed by atoms with E-state index in [-0.39, 0.29) is 11.5 Å². The van der Waals surface area contributed by atoms with Crippen LogP contribution in [0.1, 0.15) is 45.6 Å². The van der Waals surface area contributed by atoms with Gasteiger partial charge in [-0.3, -0.25) is 0 Å². The highest BCUT2D eigenvalue weighted by Gasteiger charge is 2.15. The summed E-state index contributed by atoms with van der Waals surface area (Å²) in [5, 5.41) is 3.23. The predicted octanol–water partition coefficient (Wildman–Crippen LogP) is 2.74. The molecule has 0 aliphatic carbocycles. The quantitative estimate of drug-likeness (QED) is 0.798. The zero-order valence-corrected chi connectivity index (χ0v) is 13.1. The van der Waals surface area contributed by atoms with E-state index in [1.165, 1.54) is 0 Å². The van der Waals surface area contributed by atoms with Crippen LogP contribution in [0.5, 0.6) is 0 Å². The molecule has 4 nitrogen and oxygen atoms in total. The molecule has 0 fully saturated rings. The maximum absolute atomic E-state index is 11.9. The second kappa shape index (κ2) is 7.10. The standard InChI is InChI=1S/C14H25NO3S/c1-11(2)7-8-19(16,17)10-14-6-5-13(18-14)9-15-12(3)4/h5-6,11-12,15H,7-10H2,1-4H3. The molecule has 0 saturated heterocycles. The summed E-state index contributed by atoms with van der Waals surface area (Å²) in [6, 6.07) is 3.97. The fourth-order valence-corrected chi connectivity index (χ4v) is 3.17. The average Bonchev–Trinajstić information content (AvgIpc) is 2.71. The van der Waals surface area contributed by atoms with E-state index in [0.29, 0.717) is 30.7 Å². The summed E-state index contributed by atoms with van der Waals surface area (Å²) in [6.45, 7) is 8.79. The van der Waals surface area contributed by atoms with Crippen molar-refractivity contribution in [1.29, 1.82) is 0 Å². The molecule has 0 spiro atoms. The lowest BCUT2D eigenvalue weighted by molar-refractivity contribution is 0.443. The Hall–Kier alpha value is -0.810. The smallest absolute Gasteiger partial charge is 0.157 e. The molecule has 1 aromatic heterocycles. The van der Waals surface area contributed by atoms with Gasteiger partial charge < -0.3 is 9.73 Å². The minimum Gasteiger partial charge on any atom is -0.464 e. The van der Waals surface area contributed by atoms with E-state index in [4.69, 9.17) is 4.42 Å². The number of furan rings is 1. The molecule has 1 heterocycles. The highest BCUT2D eigenvalue weighted by Crippen LogP contribution is 2.14. The van der Waals surface area contributed by atoms with Gasteiger partial charge in [-0.2, -0.15) is 0 Å². The minimum absolute atomic E-state index is 0.00139. The largest absolute Gasteiger partial charge is 0.464 e. The Labute approximate surface area is 116 Å². The van der Waals surface area contributed by atoms with E-state index >= 15 is 0 Å². The Balaban J connectivity index is 2.53. The van der Waals surface area contributed by atoms with E-state index in [0.717, 1.165) is 5.76 Å². The molecule has 0 aliphatic heterocycles. The van der Waals surface area contributed by atoms with Gasteiger partial charge in [0, 0.05) is 6.04 Å². The first-order chi connectivity index (χ1) is 8.78. The van der Waals surface area contributed by atoms with Gasteiger partial charge in [0.15, 0.2) is 9.84 Å². The van der Waals surface area contributed by atoms with Gasteiger partial charge in [0.2, 0.25) is 0 Å². The van der Waals surface area contributed by atoms with Crippen molar-refractivity contribution in [2.24, 2.45) is 5.92 Å². The Bertz CT molecular complexity index is 475. The molecule has 0 radical (unpaired) electrons. The minimum atomic E-state index is -3.06. The average molecular weight is 287 g/mol. The van der Waals surface area contributed by atoms with Crippen molar-refractivity contribution >= 4 is 9.84 Å². The molecule has 0 aliphatic rings. The van der Waals surface area contributed by atoms with E-state index in [9.17, 15) is 8.42 Å². The summed E-state index contributed by atoms with van der Waals surface area (Å²) in [6.07, 6.45) is 0.699. The molecule has 0 aromatic carbocycles. The van der Waals surface area contributed by atoms with Crippen LogP contribution in [0.25, 0.3) is 0 Å². The van der Waals surface area contributed by atoms with Crippen molar-refractivity contribution in [2.75, 3.05) is 5.75 Å². The second-order valence-electron chi connectivity index (χ2n) is 5.68. The normalized spacial score (nSPS) is 12.5. The maximum Gasteiger partial charge on any atom is 0.157 e. The molecule has 0 unspecified atom stereocenters. The molecular weight excluding hydrogens is 262 g/mol. The third-order valence-corrected chi connectivity index (χ3v) is 4.35. The summed E-state index contributed by atoms with van der Waals surface area (Å²) >= 11 is 0. The number of hydrogen-bond acceptors (Lipinski definition) is 4. The van der Waals surface area contributed by atoms with Crippen molar-refractivity contribution in [3.63, 3.8) is 0 Å². The Morgan fingerprint density at radius 2 is 1.79 bits per heavy atom. The van der Waals surface area contributed by atoms with Crippen molar-refractivity contribution in [1.82, 2.24) is 5.32 Å². The highest BCUT2D eigenvalue weighted by molar-refractivity contribution is 7.90. The van der Waals surface area contributed by atoms with Crippen LogP contribution in [0.3, 0.4) is 0 Å². The van der Waals surface area contributed by atoms with Gasteiger partial charge in [-0.05, 0) is 24.5 Å². The van der Waals surface area contributed by atoms with Gasteiger partial charge in [0.25, 0.3) is 0 Å². The van der Waals surface area contributed by atoms with Crippen LogP contribution in [0.15, 0.2) is 16.5 Å². The SMILES string of the molecule is CC(C)CCS(=O)(=O)Cc1ccc(CNC(C)C)o1. The van der Waals surface area contributed by atoms with Gasteiger partial charge >= 0.3 is 0 Å². The second-order valence-corrected chi connectivity index (χ2v) is 7.86. The van der Waals surface area contributed by atoms with Gasteiger partial charge in [-0.1, -0.05) is 27.7 Å². The fourth-order valence-electron chi connectivity index (χ4n) is 1.60. The molecule has 1 aromatic rings.